The van der Waals surface area contributed by atoms with E-state index in [1.165, 1.54) is 0 Å². The minimum atomic E-state index is -0.326. The SMILES string of the molecule is Cc1ccc(C#N)cc1C(C)C(=O)c1cnc2ccccn12. The Morgan fingerprint density at radius 1 is 1.32 bits per heavy atom. The molecule has 0 saturated carbocycles. The number of aryl methyl sites for hydroxylation is 1. The summed E-state index contributed by atoms with van der Waals surface area (Å²) in [5, 5.41) is 9.05. The first-order chi connectivity index (χ1) is 10.6. The molecule has 0 bridgehead atoms. The van der Waals surface area contributed by atoms with Gasteiger partial charge in [-0.1, -0.05) is 19.1 Å². The number of hydrogen-bond acceptors (Lipinski definition) is 3. The molecule has 22 heavy (non-hydrogen) atoms. The Labute approximate surface area is 128 Å². The molecule has 0 saturated heterocycles. The van der Waals surface area contributed by atoms with Gasteiger partial charge in [-0.3, -0.25) is 9.20 Å². The number of aromatic nitrogens is 2. The highest BCUT2D eigenvalue weighted by Crippen LogP contribution is 2.25. The van der Waals surface area contributed by atoms with E-state index < -0.39 is 0 Å². The van der Waals surface area contributed by atoms with Gasteiger partial charge in [0.15, 0.2) is 5.78 Å². The largest absolute Gasteiger partial charge is 0.297 e. The van der Waals surface area contributed by atoms with Crippen molar-refractivity contribution in [3.63, 3.8) is 0 Å². The lowest BCUT2D eigenvalue weighted by Gasteiger charge is -2.14. The van der Waals surface area contributed by atoms with Crippen LogP contribution in [0.2, 0.25) is 0 Å². The monoisotopic (exact) mass is 289 g/mol. The molecule has 2 aromatic heterocycles. The van der Waals surface area contributed by atoms with Crippen LogP contribution in [0.3, 0.4) is 0 Å². The third-order valence-electron chi connectivity index (χ3n) is 3.94. The van der Waals surface area contributed by atoms with Gasteiger partial charge in [-0.2, -0.15) is 5.26 Å². The van der Waals surface area contributed by atoms with E-state index in [2.05, 4.69) is 11.1 Å². The molecule has 0 amide bonds. The van der Waals surface area contributed by atoms with E-state index in [1.807, 2.05) is 44.3 Å². The summed E-state index contributed by atoms with van der Waals surface area (Å²) in [5.41, 5.74) is 3.77. The molecular formula is C18H15N3O. The van der Waals surface area contributed by atoms with Crippen LogP contribution < -0.4 is 0 Å². The molecule has 0 fully saturated rings. The number of rotatable bonds is 3. The molecular weight excluding hydrogens is 274 g/mol. The maximum Gasteiger partial charge on any atom is 0.188 e. The predicted octanol–water partition coefficient (Wildman–Crippen LogP) is 3.50. The van der Waals surface area contributed by atoms with E-state index in [4.69, 9.17) is 5.26 Å². The van der Waals surface area contributed by atoms with Gasteiger partial charge in [-0.05, 0) is 42.3 Å². The van der Waals surface area contributed by atoms with Crippen molar-refractivity contribution in [1.82, 2.24) is 9.38 Å². The minimum Gasteiger partial charge on any atom is -0.297 e. The van der Waals surface area contributed by atoms with Crippen LogP contribution in [0.15, 0.2) is 48.8 Å². The number of benzene rings is 1. The standard InChI is InChI=1S/C18H15N3O/c1-12-6-7-14(10-19)9-15(12)13(2)18(22)16-11-20-17-5-3-4-8-21(16)17/h3-9,11,13H,1-2H3. The van der Waals surface area contributed by atoms with Crippen molar-refractivity contribution in [3.8, 4) is 6.07 Å². The molecule has 0 radical (unpaired) electrons. The van der Waals surface area contributed by atoms with Crippen LogP contribution in [0.5, 0.6) is 0 Å². The number of pyridine rings is 1. The zero-order valence-electron chi connectivity index (χ0n) is 12.4. The Hall–Kier alpha value is -2.93. The fraction of sp³-hybridized carbons (Fsp3) is 0.167. The van der Waals surface area contributed by atoms with Crippen molar-refractivity contribution in [1.29, 1.82) is 5.26 Å². The number of imidazole rings is 1. The normalized spacial score (nSPS) is 12.0. The molecule has 0 spiro atoms. The Bertz CT molecular complexity index is 902. The maximum atomic E-state index is 12.8. The molecule has 4 heteroatoms. The zero-order chi connectivity index (χ0) is 15.7. The van der Waals surface area contributed by atoms with Crippen LogP contribution >= 0.6 is 0 Å². The second-order valence-electron chi connectivity index (χ2n) is 5.34. The Balaban J connectivity index is 2.04. The number of carbonyl (C=O) groups excluding carboxylic acids is 1. The quantitative estimate of drug-likeness (QED) is 0.693. The maximum absolute atomic E-state index is 12.8. The summed E-state index contributed by atoms with van der Waals surface area (Å²) in [5.74, 6) is -0.328. The summed E-state index contributed by atoms with van der Waals surface area (Å²) in [7, 11) is 0. The van der Waals surface area contributed by atoms with Crippen LogP contribution in [-0.4, -0.2) is 15.2 Å². The van der Waals surface area contributed by atoms with Crippen molar-refractivity contribution in [3.05, 3.63) is 71.2 Å². The molecule has 4 nitrogen and oxygen atoms in total. The molecule has 3 aromatic rings. The molecule has 0 aliphatic heterocycles. The van der Waals surface area contributed by atoms with Gasteiger partial charge in [0.05, 0.1) is 17.8 Å². The van der Waals surface area contributed by atoms with Crippen molar-refractivity contribution < 1.29 is 4.79 Å². The van der Waals surface area contributed by atoms with E-state index in [9.17, 15) is 4.79 Å². The van der Waals surface area contributed by atoms with Crippen molar-refractivity contribution in [2.24, 2.45) is 0 Å². The number of hydrogen-bond donors (Lipinski definition) is 0. The lowest BCUT2D eigenvalue weighted by atomic mass is 9.90. The zero-order valence-corrected chi connectivity index (χ0v) is 12.4. The topological polar surface area (TPSA) is 58.2 Å². The summed E-state index contributed by atoms with van der Waals surface area (Å²) >= 11 is 0. The molecule has 1 atom stereocenters. The van der Waals surface area contributed by atoms with Gasteiger partial charge in [0.25, 0.3) is 0 Å². The van der Waals surface area contributed by atoms with Crippen molar-refractivity contribution >= 4 is 11.4 Å². The third-order valence-corrected chi connectivity index (χ3v) is 3.94. The molecule has 1 unspecified atom stereocenters. The van der Waals surface area contributed by atoms with E-state index in [0.717, 1.165) is 16.8 Å². The number of fused-ring (bicyclic) bond motifs is 1. The highest BCUT2D eigenvalue weighted by Gasteiger charge is 2.22. The fourth-order valence-electron chi connectivity index (χ4n) is 2.65. The summed E-state index contributed by atoms with van der Waals surface area (Å²) < 4.78 is 1.79. The summed E-state index contributed by atoms with van der Waals surface area (Å²) in [6, 6.07) is 13.2. The molecule has 2 heterocycles. The second-order valence-corrected chi connectivity index (χ2v) is 5.34. The average molecular weight is 289 g/mol. The second kappa shape index (κ2) is 5.45. The van der Waals surface area contributed by atoms with Gasteiger partial charge in [-0.25, -0.2) is 4.98 Å². The van der Waals surface area contributed by atoms with Gasteiger partial charge in [0.2, 0.25) is 0 Å². The van der Waals surface area contributed by atoms with Crippen molar-refractivity contribution in [2.75, 3.05) is 0 Å². The number of Topliss-reactive ketones (excluding diaryl/α,β-unsaturated/α-hetero) is 1. The summed E-state index contributed by atoms with van der Waals surface area (Å²) in [4.78, 5) is 17.1. The van der Waals surface area contributed by atoms with Gasteiger partial charge in [-0.15, -0.1) is 0 Å². The highest BCUT2D eigenvalue weighted by molar-refractivity contribution is 6.00. The minimum absolute atomic E-state index is 0.00288. The van der Waals surface area contributed by atoms with E-state index in [0.29, 0.717) is 11.3 Å². The molecule has 1 aromatic carbocycles. The van der Waals surface area contributed by atoms with Crippen LogP contribution in [0.4, 0.5) is 0 Å². The molecule has 0 N–H and O–H groups in total. The Morgan fingerprint density at radius 2 is 2.14 bits per heavy atom. The first kappa shape index (κ1) is 14.0. The van der Waals surface area contributed by atoms with E-state index in [-0.39, 0.29) is 11.7 Å². The van der Waals surface area contributed by atoms with Gasteiger partial charge < -0.3 is 0 Å². The van der Waals surface area contributed by atoms with Crippen LogP contribution in [0.25, 0.3) is 5.65 Å². The lowest BCUT2D eigenvalue weighted by Crippen LogP contribution is -2.13. The smallest absolute Gasteiger partial charge is 0.188 e. The van der Waals surface area contributed by atoms with Gasteiger partial charge >= 0.3 is 0 Å². The summed E-state index contributed by atoms with van der Waals surface area (Å²) in [6.07, 6.45) is 3.44. The van der Waals surface area contributed by atoms with Crippen LogP contribution in [0, 0.1) is 18.3 Å². The Kier molecular flexibility index (Phi) is 3.48. The summed E-state index contributed by atoms with van der Waals surface area (Å²) in [6.45, 7) is 3.82. The van der Waals surface area contributed by atoms with Crippen molar-refractivity contribution in [2.45, 2.75) is 19.8 Å². The van der Waals surface area contributed by atoms with Crippen LogP contribution in [0.1, 0.15) is 40.0 Å². The molecule has 0 aliphatic carbocycles. The van der Waals surface area contributed by atoms with Gasteiger partial charge in [0.1, 0.15) is 11.3 Å². The predicted molar refractivity (Wildman–Crippen MR) is 83.8 cm³/mol. The Morgan fingerprint density at radius 3 is 2.91 bits per heavy atom. The highest BCUT2D eigenvalue weighted by atomic mass is 16.1. The molecule has 108 valence electrons. The molecule has 3 rings (SSSR count). The van der Waals surface area contributed by atoms with E-state index >= 15 is 0 Å². The van der Waals surface area contributed by atoms with E-state index in [1.54, 1.807) is 22.7 Å². The fourth-order valence-corrected chi connectivity index (χ4v) is 2.65. The lowest BCUT2D eigenvalue weighted by molar-refractivity contribution is 0.0960. The third kappa shape index (κ3) is 2.27. The van der Waals surface area contributed by atoms with Gasteiger partial charge in [0, 0.05) is 12.1 Å². The number of ketones is 1. The van der Waals surface area contributed by atoms with Crippen LogP contribution in [-0.2, 0) is 0 Å². The first-order valence-corrected chi connectivity index (χ1v) is 7.09. The number of carbonyl (C=O) groups is 1. The average Bonchev–Trinajstić information content (AvgIpc) is 2.98. The number of nitriles is 1. The number of nitrogens with zero attached hydrogens (tertiary/aromatic N) is 3. The first-order valence-electron chi connectivity index (χ1n) is 7.09. The molecule has 0 aliphatic rings.